The third kappa shape index (κ3) is 7.52. The number of nitrogens with zero attached hydrogens (tertiary/aromatic N) is 3. The van der Waals surface area contributed by atoms with Gasteiger partial charge in [-0.15, -0.1) is 24.0 Å². The van der Waals surface area contributed by atoms with Crippen LogP contribution in [0.3, 0.4) is 0 Å². The second-order valence-corrected chi connectivity index (χ2v) is 8.24. The summed E-state index contributed by atoms with van der Waals surface area (Å²) >= 11 is 0. The van der Waals surface area contributed by atoms with E-state index in [9.17, 15) is 0 Å². The van der Waals surface area contributed by atoms with Crippen molar-refractivity contribution < 1.29 is 0 Å². The van der Waals surface area contributed by atoms with Crippen LogP contribution < -0.4 is 10.6 Å². The highest BCUT2D eigenvalue weighted by Gasteiger charge is 2.30. The number of nitrogens with one attached hydrogen (secondary N) is 2. The molecule has 5 nitrogen and oxygen atoms in total. The lowest BCUT2D eigenvalue weighted by Crippen LogP contribution is -2.50. The minimum atomic E-state index is 0. The van der Waals surface area contributed by atoms with Crippen LogP contribution in [0, 0.1) is 0 Å². The molecule has 1 aliphatic carbocycles. The third-order valence-corrected chi connectivity index (χ3v) is 5.74. The quantitative estimate of drug-likeness (QED) is 0.327. The van der Waals surface area contributed by atoms with Crippen molar-refractivity contribution in [1.29, 1.82) is 0 Å². The topological polar surface area (TPSA) is 42.9 Å². The van der Waals surface area contributed by atoms with Crippen LogP contribution in [-0.4, -0.2) is 67.1 Å². The average molecular weight is 499 g/mol. The molecule has 1 heterocycles. The van der Waals surface area contributed by atoms with E-state index in [1.807, 2.05) is 7.05 Å². The first-order valence-electron chi connectivity index (χ1n) is 10.6. The molecule has 3 rings (SSSR count). The van der Waals surface area contributed by atoms with Crippen LogP contribution in [0.5, 0.6) is 0 Å². The lowest BCUT2D eigenvalue weighted by atomic mass is 10.0. The second kappa shape index (κ2) is 12.0. The van der Waals surface area contributed by atoms with Crippen molar-refractivity contribution in [1.82, 2.24) is 20.4 Å². The van der Waals surface area contributed by atoms with Gasteiger partial charge in [0, 0.05) is 57.9 Å². The Labute approximate surface area is 188 Å². The first-order chi connectivity index (χ1) is 13.2. The fourth-order valence-electron chi connectivity index (χ4n) is 4.04. The molecule has 1 saturated carbocycles. The highest BCUT2D eigenvalue weighted by Crippen LogP contribution is 2.27. The Morgan fingerprint density at radius 1 is 1.14 bits per heavy atom. The maximum atomic E-state index is 4.43. The Balaban J connectivity index is 0.00000280. The Bertz CT molecular complexity index is 578. The monoisotopic (exact) mass is 499 g/mol. The van der Waals surface area contributed by atoms with E-state index in [0.717, 1.165) is 44.7 Å². The van der Waals surface area contributed by atoms with Crippen LogP contribution in [-0.2, 0) is 6.54 Å². The summed E-state index contributed by atoms with van der Waals surface area (Å²) < 4.78 is 0. The van der Waals surface area contributed by atoms with Crippen LogP contribution in [0.1, 0.15) is 45.1 Å². The van der Waals surface area contributed by atoms with Gasteiger partial charge in [-0.1, -0.05) is 30.3 Å². The summed E-state index contributed by atoms with van der Waals surface area (Å²) in [6.45, 7) is 10.0. The maximum absolute atomic E-state index is 4.43. The molecule has 0 atom stereocenters. The highest BCUT2D eigenvalue weighted by molar-refractivity contribution is 14.0. The number of halogens is 1. The Morgan fingerprint density at radius 3 is 2.39 bits per heavy atom. The van der Waals surface area contributed by atoms with E-state index in [0.29, 0.717) is 12.1 Å². The van der Waals surface area contributed by atoms with Crippen molar-refractivity contribution >= 4 is 29.9 Å². The van der Waals surface area contributed by atoms with Crippen molar-refractivity contribution in [2.45, 2.75) is 64.2 Å². The molecule has 28 heavy (non-hydrogen) atoms. The van der Waals surface area contributed by atoms with E-state index in [4.69, 9.17) is 0 Å². The first-order valence-corrected chi connectivity index (χ1v) is 10.6. The first kappa shape index (κ1) is 23.4. The molecule has 2 aliphatic rings. The number of aliphatic imine (C=N–C) groups is 1. The molecule has 2 N–H and O–H groups in total. The maximum Gasteiger partial charge on any atom is 0.191 e. The number of guanidine groups is 1. The molecular formula is C22H38IN5. The summed E-state index contributed by atoms with van der Waals surface area (Å²) in [7, 11) is 1.88. The number of piperidine rings is 1. The predicted molar refractivity (Wildman–Crippen MR) is 130 cm³/mol. The molecule has 0 amide bonds. The van der Waals surface area contributed by atoms with Gasteiger partial charge in [-0.25, -0.2) is 0 Å². The number of likely N-dealkylation sites (tertiary alicyclic amines) is 1. The standard InChI is InChI=1S/C22H37N5.HI/c1-18(2)27(21-9-10-21)16-13-24-22(23-3)25-20-11-14-26(15-12-20)17-19-7-5-4-6-8-19;/h4-8,18,20-21H,9-17H2,1-3H3,(H2,23,24,25);1H. The molecule has 158 valence electrons. The van der Waals surface area contributed by atoms with Gasteiger partial charge in [0.1, 0.15) is 0 Å². The smallest absolute Gasteiger partial charge is 0.191 e. The van der Waals surface area contributed by atoms with Crippen molar-refractivity contribution in [3.05, 3.63) is 35.9 Å². The van der Waals surface area contributed by atoms with E-state index in [-0.39, 0.29) is 24.0 Å². The van der Waals surface area contributed by atoms with Crippen molar-refractivity contribution in [3.63, 3.8) is 0 Å². The summed E-state index contributed by atoms with van der Waals surface area (Å²) in [5.41, 5.74) is 1.41. The predicted octanol–water partition coefficient (Wildman–Crippen LogP) is 3.31. The lowest BCUT2D eigenvalue weighted by molar-refractivity contribution is 0.198. The molecule has 2 fully saturated rings. The molecule has 1 aromatic carbocycles. The normalized spacial score (nSPS) is 19.0. The van der Waals surface area contributed by atoms with E-state index >= 15 is 0 Å². The van der Waals surface area contributed by atoms with Crippen LogP contribution in [0.4, 0.5) is 0 Å². The SMILES string of the molecule is CN=C(NCCN(C(C)C)C1CC1)NC1CCN(Cc2ccccc2)CC1.I. The molecule has 6 heteroatoms. The summed E-state index contributed by atoms with van der Waals surface area (Å²) in [6, 6.07) is 12.7. The molecule has 0 bridgehead atoms. The molecule has 1 aromatic rings. The van der Waals surface area contributed by atoms with Gasteiger partial charge >= 0.3 is 0 Å². The summed E-state index contributed by atoms with van der Waals surface area (Å²) in [5, 5.41) is 7.15. The fourth-order valence-corrected chi connectivity index (χ4v) is 4.04. The number of rotatable bonds is 8. The van der Waals surface area contributed by atoms with E-state index in [1.165, 1.54) is 31.2 Å². The largest absolute Gasteiger partial charge is 0.355 e. The minimum absolute atomic E-state index is 0. The van der Waals surface area contributed by atoms with Crippen LogP contribution in [0.25, 0.3) is 0 Å². The Hall–Kier alpha value is -0.860. The molecule has 1 aliphatic heterocycles. The minimum Gasteiger partial charge on any atom is -0.355 e. The van der Waals surface area contributed by atoms with E-state index in [2.05, 4.69) is 69.6 Å². The van der Waals surface area contributed by atoms with Crippen LogP contribution >= 0.6 is 24.0 Å². The molecule has 0 unspecified atom stereocenters. The van der Waals surface area contributed by atoms with Gasteiger partial charge in [0.15, 0.2) is 5.96 Å². The van der Waals surface area contributed by atoms with Crippen molar-refractivity contribution in [2.24, 2.45) is 4.99 Å². The van der Waals surface area contributed by atoms with Gasteiger partial charge in [-0.2, -0.15) is 0 Å². The number of hydrogen-bond donors (Lipinski definition) is 2. The zero-order chi connectivity index (χ0) is 19.1. The van der Waals surface area contributed by atoms with Gasteiger partial charge in [-0.05, 0) is 45.1 Å². The van der Waals surface area contributed by atoms with Gasteiger partial charge in [-0.3, -0.25) is 14.8 Å². The van der Waals surface area contributed by atoms with Gasteiger partial charge in [0.2, 0.25) is 0 Å². The second-order valence-electron chi connectivity index (χ2n) is 8.24. The highest BCUT2D eigenvalue weighted by atomic mass is 127. The third-order valence-electron chi connectivity index (χ3n) is 5.74. The number of benzene rings is 1. The fraction of sp³-hybridized carbons (Fsp3) is 0.682. The number of hydrogen-bond acceptors (Lipinski definition) is 3. The zero-order valence-corrected chi connectivity index (χ0v) is 20.1. The summed E-state index contributed by atoms with van der Waals surface area (Å²) in [6.07, 6.45) is 5.08. The molecule has 0 spiro atoms. The van der Waals surface area contributed by atoms with Crippen molar-refractivity contribution in [3.8, 4) is 0 Å². The zero-order valence-electron chi connectivity index (χ0n) is 17.7. The summed E-state index contributed by atoms with van der Waals surface area (Å²) in [5.74, 6) is 0.955. The Kier molecular flexibility index (Phi) is 10.0. The van der Waals surface area contributed by atoms with Crippen LogP contribution in [0.15, 0.2) is 35.3 Å². The van der Waals surface area contributed by atoms with E-state index < -0.39 is 0 Å². The van der Waals surface area contributed by atoms with Crippen LogP contribution in [0.2, 0.25) is 0 Å². The molecule has 0 radical (unpaired) electrons. The van der Waals surface area contributed by atoms with Gasteiger partial charge < -0.3 is 10.6 Å². The van der Waals surface area contributed by atoms with Gasteiger partial charge in [0.05, 0.1) is 0 Å². The van der Waals surface area contributed by atoms with E-state index in [1.54, 1.807) is 0 Å². The Morgan fingerprint density at radius 2 is 1.82 bits per heavy atom. The van der Waals surface area contributed by atoms with Gasteiger partial charge in [0.25, 0.3) is 0 Å². The average Bonchev–Trinajstić information content (AvgIpc) is 3.51. The summed E-state index contributed by atoms with van der Waals surface area (Å²) in [4.78, 5) is 9.60. The lowest BCUT2D eigenvalue weighted by Gasteiger charge is -2.33. The molecule has 1 saturated heterocycles. The van der Waals surface area contributed by atoms with Crippen molar-refractivity contribution in [2.75, 3.05) is 33.2 Å². The molecular weight excluding hydrogens is 461 g/mol. The molecule has 0 aromatic heterocycles.